The van der Waals surface area contributed by atoms with Crippen molar-refractivity contribution >= 4 is 5.97 Å². The lowest BCUT2D eigenvalue weighted by Gasteiger charge is -2.27. The molecule has 130 valence electrons. The third kappa shape index (κ3) is 5.77. The van der Waals surface area contributed by atoms with Crippen LogP contribution in [0.4, 0.5) is 0 Å². The molecule has 0 atom stereocenters. The van der Waals surface area contributed by atoms with Crippen LogP contribution in [-0.4, -0.2) is 18.1 Å². The standard InChI is InChI=1S/C22H25NO2/c1-3-22(4-2,23-18-19-12-7-5-8-13-19)16-11-17-25-21(24)20-14-9-6-10-15-20/h5-10,12-15,23H,3-4,17-18H2,1-2H3. The van der Waals surface area contributed by atoms with Gasteiger partial charge in [0.15, 0.2) is 6.61 Å². The summed E-state index contributed by atoms with van der Waals surface area (Å²) in [7, 11) is 0. The summed E-state index contributed by atoms with van der Waals surface area (Å²) in [6.45, 7) is 5.10. The Bertz CT molecular complexity index is 710. The normalized spacial score (nSPS) is 10.6. The van der Waals surface area contributed by atoms with Gasteiger partial charge in [-0.15, -0.1) is 0 Å². The van der Waals surface area contributed by atoms with Gasteiger partial charge in [0.2, 0.25) is 0 Å². The van der Waals surface area contributed by atoms with E-state index in [-0.39, 0.29) is 18.1 Å². The van der Waals surface area contributed by atoms with Gasteiger partial charge in [0.25, 0.3) is 0 Å². The van der Waals surface area contributed by atoms with E-state index in [1.165, 1.54) is 5.56 Å². The molecule has 0 bridgehead atoms. The van der Waals surface area contributed by atoms with Gasteiger partial charge < -0.3 is 4.74 Å². The van der Waals surface area contributed by atoms with Gasteiger partial charge in [-0.05, 0) is 30.5 Å². The average molecular weight is 335 g/mol. The third-order valence-electron chi connectivity index (χ3n) is 4.29. The fourth-order valence-electron chi connectivity index (χ4n) is 2.55. The van der Waals surface area contributed by atoms with E-state index in [9.17, 15) is 4.79 Å². The summed E-state index contributed by atoms with van der Waals surface area (Å²) in [5.41, 5.74) is 1.50. The van der Waals surface area contributed by atoms with Crippen LogP contribution in [0.15, 0.2) is 60.7 Å². The van der Waals surface area contributed by atoms with Gasteiger partial charge >= 0.3 is 5.97 Å². The first-order chi connectivity index (χ1) is 12.2. The van der Waals surface area contributed by atoms with E-state index in [0.717, 1.165) is 19.4 Å². The molecule has 2 aromatic rings. The lowest BCUT2D eigenvalue weighted by Crippen LogP contribution is -2.42. The number of rotatable bonds is 7. The highest BCUT2D eigenvalue weighted by molar-refractivity contribution is 5.89. The Balaban J connectivity index is 1.92. The molecule has 2 aromatic carbocycles. The Hall–Kier alpha value is -2.57. The number of ether oxygens (including phenoxy) is 1. The Labute approximate surface area is 150 Å². The van der Waals surface area contributed by atoms with E-state index < -0.39 is 0 Å². The smallest absolute Gasteiger partial charge is 0.339 e. The molecule has 0 heterocycles. The monoisotopic (exact) mass is 335 g/mol. The van der Waals surface area contributed by atoms with Crippen LogP contribution in [0.3, 0.4) is 0 Å². The van der Waals surface area contributed by atoms with Crippen molar-refractivity contribution in [2.45, 2.75) is 38.8 Å². The predicted octanol–water partition coefficient (Wildman–Crippen LogP) is 4.20. The summed E-state index contributed by atoms with van der Waals surface area (Å²) in [5, 5.41) is 3.55. The van der Waals surface area contributed by atoms with Crippen LogP contribution in [0.25, 0.3) is 0 Å². The summed E-state index contributed by atoms with van der Waals surface area (Å²) >= 11 is 0. The van der Waals surface area contributed by atoms with Crippen LogP contribution >= 0.6 is 0 Å². The van der Waals surface area contributed by atoms with Crippen molar-refractivity contribution in [2.75, 3.05) is 6.61 Å². The molecule has 1 N–H and O–H groups in total. The van der Waals surface area contributed by atoms with Gasteiger partial charge in [-0.2, -0.15) is 0 Å². The quantitative estimate of drug-likeness (QED) is 0.609. The average Bonchev–Trinajstić information content (AvgIpc) is 2.69. The van der Waals surface area contributed by atoms with Gasteiger partial charge in [-0.25, -0.2) is 4.79 Å². The van der Waals surface area contributed by atoms with Crippen LogP contribution in [0.5, 0.6) is 0 Å². The maximum Gasteiger partial charge on any atom is 0.339 e. The summed E-state index contributed by atoms with van der Waals surface area (Å²) in [5.74, 6) is 5.94. The second-order valence-electron chi connectivity index (χ2n) is 5.87. The van der Waals surface area contributed by atoms with Crippen molar-refractivity contribution in [1.82, 2.24) is 5.32 Å². The van der Waals surface area contributed by atoms with Gasteiger partial charge in [0.05, 0.1) is 11.1 Å². The number of esters is 1. The van der Waals surface area contributed by atoms with Crippen molar-refractivity contribution in [3.8, 4) is 11.8 Å². The maximum atomic E-state index is 11.9. The molecule has 0 spiro atoms. The molecule has 0 aliphatic heterocycles. The van der Waals surface area contributed by atoms with Gasteiger partial charge in [0, 0.05) is 6.54 Å². The Kier molecular flexibility index (Phi) is 7.25. The second-order valence-corrected chi connectivity index (χ2v) is 5.87. The molecule has 2 rings (SSSR count). The molecule has 0 unspecified atom stereocenters. The SMILES string of the molecule is CCC(C#CCOC(=O)c1ccccc1)(CC)NCc1ccccc1. The van der Waals surface area contributed by atoms with E-state index in [1.807, 2.05) is 36.4 Å². The molecule has 25 heavy (non-hydrogen) atoms. The summed E-state index contributed by atoms with van der Waals surface area (Å²) in [4.78, 5) is 11.9. The van der Waals surface area contributed by atoms with Crippen LogP contribution in [0, 0.1) is 11.8 Å². The van der Waals surface area contributed by atoms with Crippen molar-refractivity contribution in [1.29, 1.82) is 0 Å². The van der Waals surface area contributed by atoms with E-state index in [4.69, 9.17) is 4.74 Å². The first-order valence-corrected chi connectivity index (χ1v) is 8.70. The van der Waals surface area contributed by atoms with Crippen LogP contribution < -0.4 is 5.32 Å². The Morgan fingerprint density at radius 2 is 1.60 bits per heavy atom. The number of carbonyl (C=O) groups excluding carboxylic acids is 1. The highest BCUT2D eigenvalue weighted by Gasteiger charge is 2.22. The van der Waals surface area contributed by atoms with Gasteiger partial charge in [-0.3, -0.25) is 5.32 Å². The fraction of sp³-hybridized carbons (Fsp3) is 0.318. The zero-order valence-corrected chi connectivity index (χ0v) is 14.9. The Morgan fingerprint density at radius 3 is 2.20 bits per heavy atom. The minimum atomic E-state index is -0.342. The van der Waals surface area contributed by atoms with Crippen molar-refractivity contribution in [2.24, 2.45) is 0 Å². The molecule has 3 nitrogen and oxygen atoms in total. The van der Waals surface area contributed by atoms with Crippen LogP contribution in [0.2, 0.25) is 0 Å². The number of hydrogen-bond acceptors (Lipinski definition) is 3. The molecule has 0 amide bonds. The first-order valence-electron chi connectivity index (χ1n) is 8.70. The van der Waals surface area contributed by atoms with E-state index in [0.29, 0.717) is 5.56 Å². The van der Waals surface area contributed by atoms with Crippen molar-refractivity contribution in [3.63, 3.8) is 0 Å². The minimum absolute atomic E-state index is 0.0997. The zero-order valence-electron chi connectivity index (χ0n) is 14.9. The third-order valence-corrected chi connectivity index (χ3v) is 4.29. The maximum absolute atomic E-state index is 11.9. The van der Waals surface area contributed by atoms with E-state index >= 15 is 0 Å². The predicted molar refractivity (Wildman–Crippen MR) is 101 cm³/mol. The highest BCUT2D eigenvalue weighted by Crippen LogP contribution is 2.15. The minimum Gasteiger partial charge on any atom is -0.449 e. The van der Waals surface area contributed by atoms with E-state index in [2.05, 4.69) is 43.1 Å². The summed E-state index contributed by atoms with van der Waals surface area (Å²) in [6.07, 6.45) is 1.77. The molecular weight excluding hydrogens is 310 g/mol. The van der Waals surface area contributed by atoms with Gasteiger partial charge in [0.1, 0.15) is 0 Å². The molecule has 3 heteroatoms. The number of hydrogen-bond donors (Lipinski definition) is 1. The first kappa shape index (κ1) is 18.8. The van der Waals surface area contributed by atoms with Crippen molar-refractivity contribution < 1.29 is 9.53 Å². The highest BCUT2D eigenvalue weighted by atomic mass is 16.5. The number of carbonyl (C=O) groups is 1. The molecule has 0 radical (unpaired) electrons. The molecule has 0 fully saturated rings. The van der Waals surface area contributed by atoms with Crippen LogP contribution in [0.1, 0.15) is 42.6 Å². The van der Waals surface area contributed by atoms with E-state index in [1.54, 1.807) is 12.1 Å². The fourth-order valence-corrected chi connectivity index (χ4v) is 2.55. The lowest BCUT2D eigenvalue weighted by atomic mass is 9.93. The largest absolute Gasteiger partial charge is 0.449 e. The summed E-state index contributed by atoms with van der Waals surface area (Å²) < 4.78 is 5.23. The number of benzene rings is 2. The molecule has 0 aromatic heterocycles. The Morgan fingerprint density at radius 1 is 1.00 bits per heavy atom. The molecule has 0 saturated heterocycles. The van der Waals surface area contributed by atoms with Crippen molar-refractivity contribution in [3.05, 3.63) is 71.8 Å². The summed E-state index contributed by atoms with van der Waals surface area (Å²) in [6, 6.07) is 19.2. The van der Waals surface area contributed by atoms with Crippen LogP contribution in [-0.2, 0) is 11.3 Å². The lowest BCUT2D eigenvalue weighted by molar-refractivity contribution is 0.0556. The topological polar surface area (TPSA) is 38.3 Å². The molecule has 0 aliphatic rings. The molecule has 0 aliphatic carbocycles. The van der Waals surface area contributed by atoms with Gasteiger partial charge in [-0.1, -0.05) is 74.2 Å². The number of nitrogens with one attached hydrogen (secondary N) is 1. The molecule has 0 saturated carbocycles. The molecular formula is C22H25NO2. The second kappa shape index (κ2) is 9.66. The zero-order chi connectivity index (χ0) is 18.0.